The van der Waals surface area contributed by atoms with Gasteiger partial charge in [0.2, 0.25) is 5.76 Å². The van der Waals surface area contributed by atoms with Gasteiger partial charge in [-0.05, 0) is 6.42 Å². The molecule has 0 aromatic carbocycles. The molecule has 4 heteroatoms. The minimum Gasteiger partial charge on any atom is -0.351 e. The molecule has 1 aliphatic heterocycles. The van der Waals surface area contributed by atoms with Crippen molar-refractivity contribution < 1.29 is 9.32 Å². The highest BCUT2D eigenvalue weighted by Gasteiger charge is 2.23. The van der Waals surface area contributed by atoms with Gasteiger partial charge in [-0.2, -0.15) is 0 Å². The van der Waals surface area contributed by atoms with Gasteiger partial charge in [-0.3, -0.25) is 4.79 Å². The summed E-state index contributed by atoms with van der Waals surface area (Å²) in [6.07, 6.45) is 2.58. The van der Waals surface area contributed by atoms with E-state index in [0.717, 1.165) is 19.5 Å². The fourth-order valence-electron chi connectivity index (χ4n) is 1.00. The molecular weight excluding hydrogens is 144 g/mol. The standard InChI is InChI=1S/C7H8N2O2/c10-7(9-4-1-5-9)6-2-3-8-11-6/h2-3H,1,4-5H2. The molecule has 1 amide bonds. The van der Waals surface area contributed by atoms with Crippen LogP contribution in [0, 0.1) is 0 Å². The first-order valence-electron chi connectivity index (χ1n) is 3.58. The average molecular weight is 152 g/mol. The molecule has 0 spiro atoms. The Morgan fingerprint density at radius 1 is 1.64 bits per heavy atom. The summed E-state index contributed by atoms with van der Waals surface area (Å²) in [5.74, 6) is 0.290. The van der Waals surface area contributed by atoms with Crippen LogP contribution in [0.15, 0.2) is 16.8 Å². The fourth-order valence-corrected chi connectivity index (χ4v) is 1.00. The molecule has 0 saturated carbocycles. The van der Waals surface area contributed by atoms with Gasteiger partial charge in [0.05, 0.1) is 6.20 Å². The SMILES string of the molecule is O=C(c1ccno1)N1CCC1. The zero-order valence-corrected chi connectivity index (χ0v) is 5.99. The number of likely N-dealkylation sites (tertiary alicyclic amines) is 1. The highest BCUT2D eigenvalue weighted by molar-refractivity contribution is 5.91. The summed E-state index contributed by atoms with van der Waals surface area (Å²) in [7, 11) is 0. The van der Waals surface area contributed by atoms with Crippen molar-refractivity contribution in [3.05, 3.63) is 18.0 Å². The first-order chi connectivity index (χ1) is 5.38. The molecule has 2 heterocycles. The van der Waals surface area contributed by atoms with Crippen molar-refractivity contribution in [3.8, 4) is 0 Å². The van der Waals surface area contributed by atoms with Crippen LogP contribution in [0.3, 0.4) is 0 Å². The third-order valence-electron chi connectivity index (χ3n) is 1.79. The lowest BCUT2D eigenvalue weighted by Gasteiger charge is -2.29. The highest BCUT2D eigenvalue weighted by atomic mass is 16.5. The van der Waals surface area contributed by atoms with Gasteiger partial charge < -0.3 is 9.42 Å². The first-order valence-corrected chi connectivity index (χ1v) is 3.58. The predicted octanol–water partition coefficient (Wildman–Crippen LogP) is 0.520. The van der Waals surface area contributed by atoms with Crippen molar-refractivity contribution in [2.24, 2.45) is 0 Å². The maximum absolute atomic E-state index is 11.3. The maximum atomic E-state index is 11.3. The highest BCUT2D eigenvalue weighted by Crippen LogP contribution is 2.11. The van der Waals surface area contributed by atoms with E-state index >= 15 is 0 Å². The van der Waals surface area contributed by atoms with E-state index in [-0.39, 0.29) is 5.91 Å². The first kappa shape index (κ1) is 6.39. The van der Waals surface area contributed by atoms with Crippen LogP contribution < -0.4 is 0 Å². The number of hydrogen-bond donors (Lipinski definition) is 0. The Kier molecular flexibility index (Phi) is 1.38. The van der Waals surface area contributed by atoms with Crippen LogP contribution in [0.2, 0.25) is 0 Å². The average Bonchev–Trinajstić information content (AvgIpc) is 2.32. The van der Waals surface area contributed by atoms with Crippen LogP contribution in [0.25, 0.3) is 0 Å². The zero-order chi connectivity index (χ0) is 7.68. The van der Waals surface area contributed by atoms with Gasteiger partial charge >= 0.3 is 0 Å². The molecular formula is C7H8N2O2. The molecule has 0 aliphatic carbocycles. The summed E-state index contributed by atoms with van der Waals surface area (Å²) in [4.78, 5) is 13.0. The topological polar surface area (TPSA) is 46.3 Å². The Balaban J connectivity index is 2.10. The van der Waals surface area contributed by atoms with Crippen LogP contribution in [-0.4, -0.2) is 29.1 Å². The van der Waals surface area contributed by atoms with Crippen molar-refractivity contribution in [1.82, 2.24) is 10.1 Å². The molecule has 4 nitrogen and oxygen atoms in total. The van der Waals surface area contributed by atoms with E-state index in [1.54, 1.807) is 11.0 Å². The van der Waals surface area contributed by atoms with E-state index in [9.17, 15) is 4.79 Å². The predicted molar refractivity (Wildman–Crippen MR) is 37.0 cm³/mol. The monoisotopic (exact) mass is 152 g/mol. The number of aromatic nitrogens is 1. The molecule has 0 unspecified atom stereocenters. The number of carbonyl (C=O) groups is 1. The Morgan fingerprint density at radius 3 is 2.91 bits per heavy atom. The lowest BCUT2D eigenvalue weighted by molar-refractivity contribution is 0.0609. The van der Waals surface area contributed by atoms with Gasteiger partial charge in [0.1, 0.15) is 0 Å². The molecule has 58 valence electrons. The Morgan fingerprint density at radius 2 is 2.45 bits per heavy atom. The molecule has 2 rings (SSSR count). The largest absolute Gasteiger partial charge is 0.351 e. The number of rotatable bonds is 1. The summed E-state index contributed by atoms with van der Waals surface area (Å²) in [6, 6.07) is 1.58. The van der Waals surface area contributed by atoms with E-state index in [1.807, 2.05) is 0 Å². The van der Waals surface area contributed by atoms with Crippen molar-refractivity contribution >= 4 is 5.91 Å². The molecule has 0 N–H and O–H groups in total. The van der Waals surface area contributed by atoms with E-state index in [2.05, 4.69) is 5.16 Å². The summed E-state index contributed by atoms with van der Waals surface area (Å²) < 4.78 is 4.71. The van der Waals surface area contributed by atoms with Crippen molar-refractivity contribution in [2.45, 2.75) is 6.42 Å². The Bertz CT molecular complexity index is 251. The Labute approximate surface area is 63.8 Å². The summed E-state index contributed by atoms with van der Waals surface area (Å²) in [5, 5.41) is 3.46. The lowest BCUT2D eigenvalue weighted by atomic mass is 10.2. The van der Waals surface area contributed by atoms with E-state index in [0.29, 0.717) is 5.76 Å². The minimum absolute atomic E-state index is 0.0475. The molecule has 1 aromatic heterocycles. The fraction of sp³-hybridized carbons (Fsp3) is 0.429. The molecule has 1 fully saturated rings. The third kappa shape index (κ3) is 1.00. The molecule has 0 atom stereocenters. The minimum atomic E-state index is -0.0475. The number of nitrogens with zero attached hydrogens (tertiary/aromatic N) is 2. The van der Waals surface area contributed by atoms with Gasteiger partial charge in [0, 0.05) is 19.2 Å². The second-order valence-corrected chi connectivity index (χ2v) is 2.52. The maximum Gasteiger partial charge on any atom is 0.292 e. The van der Waals surface area contributed by atoms with Crippen LogP contribution >= 0.6 is 0 Å². The van der Waals surface area contributed by atoms with Crippen molar-refractivity contribution in [1.29, 1.82) is 0 Å². The molecule has 1 aromatic rings. The summed E-state index contributed by atoms with van der Waals surface area (Å²) in [5.41, 5.74) is 0. The van der Waals surface area contributed by atoms with Gasteiger partial charge in [-0.15, -0.1) is 0 Å². The molecule has 0 bridgehead atoms. The van der Waals surface area contributed by atoms with Crippen molar-refractivity contribution in [3.63, 3.8) is 0 Å². The zero-order valence-electron chi connectivity index (χ0n) is 5.99. The van der Waals surface area contributed by atoms with Crippen LogP contribution in [0.4, 0.5) is 0 Å². The smallest absolute Gasteiger partial charge is 0.292 e. The van der Waals surface area contributed by atoms with Crippen LogP contribution in [0.5, 0.6) is 0 Å². The normalized spacial score (nSPS) is 16.2. The summed E-state index contributed by atoms with van der Waals surface area (Å²) >= 11 is 0. The van der Waals surface area contributed by atoms with Gasteiger partial charge in [-0.25, -0.2) is 0 Å². The number of hydrogen-bond acceptors (Lipinski definition) is 3. The van der Waals surface area contributed by atoms with E-state index < -0.39 is 0 Å². The van der Waals surface area contributed by atoms with E-state index in [1.165, 1.54) is 6.20 Å². The Hall–Kier alpha value is -1.32. The molecule has 11 heavy (non-hydrogen) atoms. The second kappa shape index (κ2) is 2.38. The van der Waals surface area contributed by atoms with Gasteiger partial charge in [0.25, 0.3) is 5.91 Å². The summed E-state index contributed by atoms with van der Waals surface area (Å²) in [6.45, 7) is 1.69. The third-order valence-corrected chi connectivity index (χ3v) is 1.79. The van der Waals surface area contributed by atoms with Crippen LogP contribution in [0.1, 0.15) is 17.0 Å². The molecule has 1 aliphatic rings. The van der Waals surface area contributed by atoms with E-state index in [4.69, 9.17) is 4.52 Å². The van der Waals surface area contributed by atoms with Crippen molar-refractivity contribution in [2.75, 3.05) is 13.1 Å². The number of carbonyl (C=O) groups excluding carboxylic acids is 1. The second-order valence-electron chi connectivity index (χ2n) is 2.52. The molecule has 1 saturated heterocycles. The molecule has 0 radical (unpaired) electrons. The van der Waals surface area contributed by atoms with Gasteiger partial charge in [0.15, 0.2) is 0 Å². The van der Waals surface area contributed by atoms with Crippen LogP contribution in [-0.2, 0) is 0 Å². The lowest BCUT2D eigenvalue weighted by Crippen LogP contribution is -2.41. The number of amides is 1. The van der Waals surface area contributed by atoms with Gasteiger partial charge in [-0.1, -0.05) is 5.16 Å². The quantitative estimate of drug-likeness (QED) is 0.589.